The molecule has 2 aromatic rings. The number of hydrogen-bond donors (Lipinski definition) is 2. The van der Waals surface area contributed by atoms with Crippen LogP contribution in [0.4, 0.5) is 0 Å². The first-order valence-corrected chi connectivity index (χ1v) is 6.68. The molecule has 0 saturated carbocycles. The highest BCUT2D eigenvalue weighted by molar-refractivity contribution is 6.05. The van der Waals surface area contributed by atoms with Crippen molar-refractivity contribution in [1.29, 1.82) is 0 Å². The summed E-state index contributed by atoms with van der Waals surface area (Å²) in [6.07, 6.45) is 1.73. The van der Waals surface area contributed by atoms with E-state index in [9.17, 15) is 9.59 Å². The van der Waals surface area contributed by atoms with Crippen molar-refractivity contribution in [3.05, 3.63) is 42.1 Å². The predicted octanol–water partition coefficient (Wildman–Crippen LogP) is 1.24. The summed E-state index contributed by atoms with van der Waals surface area (Å²) < 4.78 is 0. The van der Waals surface area contributed by atoms with Gasteiger partial charge >= 0.3 is 0 Å². The second-order valence-electron chi connectivity index (χ2n) is 4.86. The fourth-order valence-corrected chi connectivity index (χ4v) is 2.36. The summed E-state index contributed by atoms with van der Waals surface area (Å²) in [5.41, 5.74) is 1.00. The van der Waals surface area contributed by atoms with Gasteiger partial charge in [-0.25, -0.2) is 4.98 Å². The highest BCUT2D eigenvalue weighted by Gasteiger charge is 2.24. The highest BCUT2D eigenvalue weighted by atomic mass is 16.2. The number of carbonyl (C=O) groups excluding carboxylic acids is 2. The van der Waals surface area contributed by atoms with E-state index in [1.807, 2.05) is 30.3 Å². The molecule has 1 unspecified atom stereocenters. The van der Waals surface area contributed by atoms with Crippen LogP contribution in [-0.2, 0) is 4.79 Å². The molecule has 0 spiro atoms. The SMILES string of the molecule is O=C(NC(=O)C1CCCN1)c1ccc2ccccc2n1. The third kappa shape index (κ3) is 2.53. The maximum Gasteiger partial charge on any atom is 0.276 e. The van der Waals surface area contributed by atoms with Gasteiger partial charge in [0.1, 0.15) is 5.69 Å². The van der Waals surface area contributed by atoms with Gasteiger partial charge in [0.25, 0.3) is 5.91 Å². The predicted molar refractivity (Wildman–Crippen MR) is 75.2 cm³/mol. The minimum atomic E-state index is -0.450. The molecule has 1 aromatic heterocycles. The Morgan fingerprint density at radius 1 is 1.20 bits per heavy atom. The molecular weight excluding hydrogens is 254 g/mol. The number of benzene rings is 1. The van der Waals surface area contributed by atoms with E-state index in [4.69, 9.17) is 0 Å². The summed E-state index contributed by atoms with van der Waals surface area (Å²) in [6, 6.07) is 10.7. The lowest BCUT2D eigenvalue weighted by atomic mass is 10.2. The number of nitrogens with zero attached hydrogens (tertiary/aromatic N) is 1. The second kappa shape index (κ2) is 5.38. The molecule has 102 valence electrons. The van der Waals surface area contributed by atoms with Crippen molar-refractivity contribution in [2.24, 2.45) is 0 Å². The lowest BCUT2D eigenvalue weighted by Crippen LogP contribution is -2.43. The van der Waals surface area contributed by atoms with Crippen LogP contribution in [0.3, 0.4) is 0 Å². The van der Waals surface area contributed by atoms with Crippen LogP contribution in [0.25, 0.3) is 10.9 Å². The monoisotopic (exact) mass is 269 g/mol. The van der Waals surface area contributed by atoms with Crippen molar-refractivity contribution in [3.63, 3.8) is 0 Å². The molecule has 1 aliphatic rings. The summed E-state index contributed by atoms with van der Waals surface area (Å²) in [5, 5.41) is 6.42. The largest absolute Gasteiger partial charge is 0.306 e. The first-order valence-electron chi connectivity index (χ1n) is 6.68. The normalized spacial score (nSPS) is 18.1. The summed E-state index contributed by atoms with van der Waals surface area (Å²) in [6.45, 7) is 0.820. The van der Waals surface area contributed by atoms with Crippen LogP contribution in [0.2, 0.25) is 0 Å². The highest BCUT2D eigenvalue weighted by Crippen LogP contribution is 2.12. The van der Waals surface area contributed by atoms with Gasteiger partial charge in [-0.1, -0.05) is 24.3 Å². The van der Waals surface area contributed by atoms with E-state index < -0.39 is 5.91 Å². The van der Waals surface area contributed by atoms with Gasteiger partial charge in [-0.15, -0.1) is 0 Å². The van der Waals surface area contributed by atoms with Crippen LogP contribution in [0.15, 0.2) is 36.4 Å². The van der Waals surface area contributed by atoms with E-state index in [0.717, 1.165) is 30.3 Å². The molecule has 20 heavy (non-hydrogen) atoms. The summed E-state index contributed by atoms with van der Waals surface area (Å²) in [7, 11) is 0. The number of carbonyl (C=O) groups is 2. The van der Waals surface area contributed by atoms with E-state index in [-0.39, 0.29) is 17.6 Å². The molecule has 2 amide bonds. The van der Waals surface area contributed by atoms with Gasteiger partial charge in [0.05, 0.1) is 11.6 Å². The number of aromatic nitrogens is 1. The molecule has 0 radical (unpaired) electrons. The van der Waals surface area contributed by atoms with Crippen LogP contribution in [-0.4, -0.2) is 29.4 Å². The Kier molecular flexibility index (Phi) is 3.43. The molecule has 1 aliphatic heterocycles. The average molecular weight is 269 g/mol. The number of rotatable bonds is 2. The van der Waals surface area contributed by atoms with Gasteiger partial charge in [0, 0.05) is 5.39 Å². The van der Waals surface area contributed by atoms with E-state index in [1.54, 1.807) is 6.07 Å². The molecule has 3 rings (SSSR count). The minimum absolute atomic E-state index is 0.259. The molecular formula is C15H15N3O2. The summed E-state index contributed by atoms with van der Waals surface area (Å²) >= 11 is 0. The van der Waals surface area contributed by atoms with Crippen LogP contribution in [0.5, 0.6) is 0 Å². The Labute approximate surface area is 116 Å². The smallest absolute Gasteiger partial charge is 0.276 e. The summed E-state index contributed by atoms with van der Waals surface area (Å²) in [4.78, 5) is 28.2. The molecule has 1 fully saturated rings. The standard InChI is InChI=1S/C15H15N3O2/c19-14(12-6-3-9-16-12)18-15(20)13-8-7-10-4-1-2-5-11(10)17-13/h1-2,4-5,7-8,12,16H,3,6,9H2,(H,18,19,20). The number of pyridine rings is 1. The van der Waals surface area contributed by atoms with E-state index in [2.05, 4.69) is 15.6 Å². The zero-order valence-corrected chi connectivity index (χ0v) is 10.9. The van der Waals surface area contributed by atoms with Crippen LogP contribution in [0.1, 0.15) is 23.3 Å². The number of nitrogens with one attached hydrogen (secondary N) is 2. The van der Waals surface area contributed by atoms with Gasteiger partial charge in [-0.3, -0.25) is 14.9 Å². The maximum atomic E-state index is 12.0. The molecule has 0 bridgehead atoms. The Bertz CT molecular complexity index is 663. The Morgan fingerprint density at radius 2 is 2.05 bits per heavy atom. The van der Waals surface area contributed by atoms with Crippen LogP contribution >= 0.6 is 0 Å². The molecule has 0 aliphatic carbocycles. The van der Waals surface area contributed by atoms with Gasteiger partial charge in [-0.2, -0.15) is 0 Å². The number of hydrogen-bond acceptors (Lipinski definition) is 4. The lowest BCUT2D eigenvalue weighted by Gasteiger charge is -2.09. The third-order valence-electron chi connectivity index (χ3n) is 3.44. The van der Waals surface area contributed by atoms with E-state index in [0.29, 0.717) is 0 Å². The number of para-hydroxylation sites is 1. The quantitative estimate of drug-likeness (QED) is 0.805. The third-order valence-corrected chi connectivity index (χ3v) is 3.44. The fraction of sp³-hybridized carbons (Fsp3) is 0.267. The van der Waals surface area contributed by atoms with Crippen molar-refractivity contribution >= 4 is 22.7 Å². The van der Waals surface area contributed by atoms with Gasteiger partial charge in [0.2, 0.25) is 5.91 Å². The average Bonchev–Trinajstić information content (AvgIpc) is 3.01. The summed E-state index contributed by atoms with van der Waals surface area (Å²) in [5.74, 6) is -0.725. The first-order chi connectivity index (χ1) is 9.74. The van der Waals surface area contributed by atoms with Crippen LogP contribution in [0, 0.1) is 0 Å². The molecule has 2 N–H and O–H groups in total. The van der Waals surface area contributed by atoms with Gasteiger partial charge < -0.3 is 5.32 Å². The fourth-order valence-electron chi connectivity index (χ4n) is 2.36. The Hall–Kier alpha value is -2.27. The number of fused-ring (bicyclic) bond motifs is 1. The molecule has 1 atom stereocenters. The Balaban J connectivity index is 1.76. The van der Waals surface area contributed by atoms with Crippen molar-refractivity contribution in [3.8, 4) is 0 Å². The zero-order valence-electron chi connectivity index (χ0n) is 10.9. The number of imide groups is 1. The van der Waals surface area contributed by atoms with E-state index in [1.165, 1.54) is 0 Å². The van der Waals surface area contributed by atoms with Crippen LogP contribution < -0.4 is 10.6 Å². The van der Waals surface area contributed by atoms with Crippen molar-refractivity contribution < 1.29 is 9.59 Å². The van der Waals surface area contributed by atoms with Crippen molar-refractivity contribution in [1.82, 2.24) is 15.6 Å². The topological polar surface area (TPSA) is 71.1 Å². The molecule has 1 saturated heterocycles. The molecule has 5 nitrogen and oxygen atoms in total. The zero-order chi connectivity index (χ0) is 13.9. The number of amides is 2. The minimum Gasteiger partial charge on any atom is -0.306 e. The molecule has 5 heteroatoms. The lowest BCUT2D eigenvalue weighted by molar-refractivity contribution is -0.121. The first kappa shape index (κ1) is 12.7. The maximum absolute atomic E-state index is 12.0. The van der Waals surface area contributed by atoms with Gasteiger partial charge in [0.15, 0.2) is 0 Å². The van der Waals surface area contributed by atoms with E-state index >= 15 is 0 Å². The van der Waals surface area contributed by atoms with Gasteiger partial charge in [-0.05, 0) is 31.5 Å². The second-order valence-corrected chi connectivity index (χ2v) is 4.86. The Morgan fingerprint density at radius 3 is 2.85 bits per heavy atom. The molecule has 2 heterocycles. The van der Waals surface area contributed by atoms with Crippen molar-refractivity contribution in [2.45, 2.75) is 18.9 Å². The molecule has 1 aromatic carbocycles. The van der Waals surface area contributed by atoms with Crippen molar-refractivity contribution in [2.75, 3.05) is 6.54 Å².